The molecule has 0 heterocycles. The summed E-state index contributed by atoms with van der Waals surface area (Å²) in [4.78, 5) is 24.5. The highest BCUT2D eigenvalue weighted by Gasteiger charge is 2.20. The molecule has 0 radical (unpaired) electrons. The normalized spacial score (nSPS) is 14.8. The highest BCUT2D eigenvalue weighted by Crippen LogP contribution is 2.38. The van der Waals surface area contributed by atoms with Gasteiger partial charge in [-0.3, -0.25) is 9.36 Å². The number of carbonyl (C=O) groups is 1. The zero-order valence-corrected chi connectivity index (χ0v) is 29.5. The minimum absolute atomic E-state index is 0.0199. The minimum atomic E-state index is -4.51. The van der Waals surface area contributed by atoms with Gasteiger partial charge in [-0.1, -0.05) is 101 Å². The number of ether oxygens (including phenoxy) is 2. The van der Waals surface area contributed by atoms with Crippen LogP contribution in [0.25, 0.3) is 0 Å². The van der Waals surface area contributed by atoms with Gasteiger partial charge < -0.3 is 27.9 Å². The fourth-order valence-electron chi connectivity index (χ4n) is 4.00. The van der Waals surface area contributed by atoms with Crippen LogP contribution in [0.4, 0.5) is 0 Å². The summed E-state index contributed by atoms with van der Waals surface area (Å²) in [6.07, 6.45) is 31.7. The first-order chi connectivity index (χ1) is 21.1. The molecule has 0 spiro atoms. The number of quaternary nitrogens is 1. The van der Waals surface area contributed by atoms with Gasteiger partial charge in [0.1, 0.15) is 19.3 Å². The third kappa shape index (κ3) is 31.9. The molecule has 256 valence electrons. The van der Waals surface area contributed by atoms with Crippen molar-refractivity contribution >= 4 is 13.8 Å². The molecule has 0 N–H and O–H groups in total. The topological polar surface area (TPSA) is 94.1 Å². The van der Waals surface area contributed by atoms with Crippen molar-refractivity contribution in [3.8, 4) is 0 Å². The molecule has 0 aromatic carbocycles. The van der Waals surface area contributed by atoms with E-state index < -0.39 is 13.9 Å². The summed E-state index contributed by atoms with van der Waals surface area (Å²) in [5, 5.41) is 0. The van der Waals surface area contributed by atoms with Crippen molar-refractivity contribution in [3.05, 3.63) is 48.6 Å². The van der Waals surface area contributed by atoms with E-state index in [-0.39, 0.29) is 25.8 Å². The van der Waals surface area contributed by atoms with Crippen LogP contribution in [0.15, 0.2) is 48.6 Å². The molecule has 8 nitrogen and oxygen atoms in total. The number of hydrogen-bond donors (Lipinski definition) is 0. The number of hydrogen-bond acceptors (Lipinski definition) is 7. The summed E-state index contributed by atoms with van der Waals surface area (Å²) in [5.74, 6) is -0.363. The van der Waals surface area contributed by atoms with Crippen LogP contribution in [0, 0.1) is 0 Å². The van der Waals surface area contributed by atoms with Gasteiger partial charge >= 0.3 is 5.97 Å². The third-order valence-electron chi connectivity index (χ3n) is 6.64. The van der Waals surface area contributed by atoms with Crippen molar-refractivity contribution < 1.29 is 37.3 Å². The first-order valence-electron chi connectivity index (χ1n) is 16.9. The van der Waals surface area contributed by atoms with Crippen LogP contribution in [-0.2, 0) is 27.9 Å². The molecule has 0 aliphatic carbocycles. The van der Waals surface area contributed by atoms with E-state index in [1.807, 2.05) is 21.1 Å². The SMILES string of the molecule is CC/C=C\C/C=C\C/C=C\C/C=C\CCCCCCCOCC(COP(=O)([O-])OCC[N+](C)(C)C)OC(=O)CCCCCC. The molecule has 0 aliphatic heterocycles. The lowest BCUT2D eigenvalue weighted by Crippen LogP contribution is -2.37. The van der Waals surface area contributed by atoms with E-state index in [1.165, 1.54) is 12.8 Å². The average molecular weight is 642 g/mol. The summed E-state index contributed by atoms with van der Waals surface area (Å²) < 4.78 is 34.0. The molecule has 0 amide bonds. The first-order valence-corrected chi connectivity index (χ1v) is 18.3. The molecule has 0 saturated heterocycles. The largest absolute Gasteiger partial charge is 0.756 e. The van der Waals surface area contributed by atoms with Gasteiger partial charge in [-0.15, -0.1) is 0 Å². The van der Waals surface area contributed by atoms with Gasteiger partial charge in [-0.05, 0) is 51.4 Å². The predicted octanol–water partition coefficient (Wildman–Crippen LogP) is 8.24. The Balaban J connectivity index is 4.17. The van der Waals surface area contributed by atoms with E-state index in [0.717, 1.165) is 77.0 Å². The van der Waals surface area contributed by atoms with Crippen molar-refractivity contribution in [3.63, 3.8) is 0 Å². The number of allylic oxidation sites excluding steroid dienone is 8. The fourth-order valence-corrected chi connectivity index (χ4v) is 4.73. The van der Waals surface area contributed by atoms with Crippen LogP contribution in [0.2, 0.25) is 0 Å². The van der Waals surface area contributed by atoms with Crippen molar-refractivity contribution in [2.45, 2.75) is 116 Å². The highest BCUT2D eigenvalue weighted by atomic mass is 31.2. The first kappa shape index (κ1) is 42.5. The second-order valence-corrected chi connectivity index (χ2v) is 13.6. The summed E-state index contributed by atoms with van der Waals surface area (Å²) in [6, 6.07) is 0. The number of phosphoric acid groups is 1. The van der Waals surface area contributed by atoms with E-state index >= 15 is 0 Å². The molecular weight excluding hydrogens is 577 g/mol. The summed E-state index contributed by atoms with van der Waals surface area (Å²) >= 11 is 0. The van der Waals surface area contributed by atoms with E-state index in [9.17, 15) is 14.3 Å². The van der Waals surface area contributed by atoms with Crippen LogP contribution in [0.3, 0.4) is 0 Å². The molecule has 2 unspecified atom stereocenters. The van der Waals surface area contributed by atoms with Gasteiger partial charge in [-0.2, -0.15) is 0 Å². The van der Waals surface area contributed by atoms with E-state index in [1.54, 1.807) is 0 Å². The number of carbonyl (C=O) groups excluding carboxylic acids is 1. The predicted molar refractivity (Wildman–Crippen MR) is 180 cm³/mol. The Bertz CT molecular complexity index is 849. The molecule has 44 heavy (non-hydrogen) atoms. The Kier molecular flexibility index (Phi) is 27.9. The molecule has 0 aliphatic rings. The zero-order chi connectivity index (χ0) is 32.8. The second kappa shape index (κ2) is 28.9. The Morgan fingerprint density at radius 3 is 1.95 bits per heavy atom. The van der Waals surface area contributed by atoms with Crippen LogP contribution >= 0.6 is 7.82 Å². The van der Waals surface area contributed by atoms with Crippen LogP contribution in [0.1, 0.15) is 110 Å². The van der Waals surface area contributed by atoms with E-state index in [4.69, 9.17) is 18.5 Å². The van der Waals surface area contributed by atoms with Crippen molar-refractivity contribution in [1.82, 2.24) is 0 Å². The van der Waals surface area contributed by atoms with Gasteiger partial charge in [0.15, 0.2) is 0 Å². The maximum Gasteiger partial charge on any atom is 0.306 e. The quantitative estimate of drug-likeness (QED) is 0.0256. The molecule has 0 aromatic rings. The average Bonchev–Trinajstić information content (AvgIpc) is 2.96. The molecule has 0 rings (SSSR count). The second-order valence-electron chi connectivity index (χ2n) is 12.1. The number of esters is 1. The number of rotatable bonds is 30. The summed E-state index contributed by atoms with van der Waals surface area (Å²) in [5.41, 5.74) is 0. The minimum Gasteiger partial charge on any atom is -0.756 e. The number of unbranched alkanes of at least 4 members (excludes halogenated alkanes) is 8. The number of likely N-dealkylation sites (N-methyl/N-ethyl adjacent to an activating group) is 1. The van der Waals surface area contributed by atoms with Gasteiger partial charge in [-0.25, -0.2) is 0 Å². The lowest BCUT2D eigenvalue weighted by molar-refractivity contribution is -0.870. The monoisotopic (exact) mass is 641 g/mol. The van der Waals surface area contributed by atoms with Crippen molar-refractivity contribution in [1.29, 1.82) is 0 Å². The zero-order valence-electron chi connectivity index (χ0n) is 28.6. The van der Waals surface area contributed by atoms with Gasteiger partial charge in [0.05, 0.1) is 34.4 Å². The van der Waals surface area contributed by atoms with Gasteiger partial charge in [0.25, 0.3) is 7.82 Å². The van der Waals surface area contributed by atoms with E-state index in [2.05, 4.69) is 62.5 Å². The molecule has 0 fully saturated rings. The molecule has 2 atom stereocenters. The van der Waals surface area contributed by atoms with Crippen molar-refractivity contribution in [2.75, 3.05) is 54.1 Å². The van der Waals surface area contributed by atoms with Crippen molar-refractivity contribution in [2.24, 2.45) is 0 Å². The molecule has 0 saturated carbocycles. The smallest absolute Gasteiger partial charge is 0.306 e. The molecule has 0 bridgehead atoms. The Hall–Kier alpha value is -1.54. The standard InChI is InChI=1S/C35H64NO7P/c1-6-8-10-12-13-14-15-16-17-18-19-20-21-22-23-24-25-27-30-40-32-34(43-35(37)28-26-11-9-7-2)33-42-44(38,39)41-31-29-36(3,4)5/h8,10,13-14,16-17,19-20,34H,6-7,9,11-12,15,18,21-33H2,1-5H3/b10-8-,14-13-,17-16-,20-19-. The van der Waals surface area contributed by atoms with Crippen LogP contribution < -0.4 is 4.89 Å². The highest BCUT2D eigenvalue weighted by molar-refractivity contribution is 7.45. The number of nitrogens with zero attached hydrogens (tertiary/aromatic N) is 1. The lowest BCUT2D eigenvalue weighted by Gasteiger charge is -2.28. The fraction of sp³-hybridized carbons (Fsp3) is 0.743. The lowest BCUT2D eigenvalue weighted by atomic mass is 10.1. The van der Waals surface area contributed by atoms with Gasteiger partial charge in [0.2, 0.25) is 0 Å². The molecule has 9 heteroatoms. The number of phosphoric ester groups is 1. The van der Waals surface area contributed by atoms with Crippen LogP contribution in [-0.4, -0.2) is 70.7 Å². The summed E-state index contributed by atoms with van der Waals surface area (Å²) in [6.45, 7) is 5.09. The van der Waals surface area contributed by atoms with Crippen LogP contribution in [0.5, 0.6) is 0 Å². The maximum atomic E-state index is 12.3. The summed E-state index contributed by atoms with van der Waals surface area (Å²) in [7, 11) is 1.33. The Morgan fingerprint density at radius 1 is 0.727 bits per heavy atom. The third-order valence-corrected chi connectivity index (χ3v) is 7.61. The Morgan fingerprint density at radius 2 is 1.32 bits per heavy atom. The Labute approximate surface area is 269 Å². The maximum absolute atomic E-state index is 12.3. The molecular formula is C35H64NO7P. The van der Waals surface area contributed by atoms with Gasteiger partial charge in [0, 0.05) is 13.0 Å². The van der Waals surface area contributed by atoms with E-state index in [0.29, 0.717) is 24.1 Å². The molecule has 0 aromatic heterocycles.